The molecule has 0 spiro atoms. The Hall–Kier alpha value is -3.58. The average Bonchev–Trinajstić information content (AvgIpc) is 3.03. The van der Waals surface area contributed by atoms with Gasteiger partial charge >= 0.3 is 0 Å². The third-order valence-electron chi connectivity index (χ3n) is 6.48. The van der Waals surface area contributed by atoms with Crippen LogP contribution in [0.4, 0.5) is 10.1 Å². The van der Waals surface area contributed by atoms with Crippen LogP contribution in [0.2, 0.25) is 0 Å². The van der Waals surface area contributed by atoms with E-state index in [0.717, 1.165) is 43.9 Å². The highest BCUT2D eigenvalue weighted by Crippen LogP contribution is 2.44. The molecule has 178 valence electrons. The third-order valence-corrected chi connectivity index (χ3v) is 7.63. The number of para-hydroxylation sites is 1. The molecule has 1 aromatic heterocycles. The molecular weight excluding hydrogens is 461 g/mol. The number of carbonyl (C=O) groups excluding carboxylic acids is 2. The topological polar surface area (TPSA) is 54.3 Å². The van der Waals surface area contributed by atoms with Crippen molar-refractivity contribution < 1.29 is 14.0 Å². The monoisotopic (exact) mass is 487 g/mol. The van der Waals surface area contributed by atoms with E-state index in [0.29, 0.717) is 0 Å². The Kier molecular flexibility index (Phi) is 6.11. The van der Waals surface area contributed by atoms with Crippen molar-refractivity contribution in [1.29, 1.82) is 0 Å². The summed E-state index contributed by atoms with van der Waals surface area (Å²) >= 11 is 1.47. The molecule has 1 N–H and O–H groups in total. The summed E-state index contributed by atoms with van der Waals surface area (Å²) in [7, 11) is 1.97. The molecular formula is C28H26FN3O2S. The number of nitrogens with zero attached hydrogens (tertiary/aromatic N) is 2. The molecule has 0 radical (unpaired) electrons. The number of halogens is 1. The molecule has 7 heteroatoms. The number of carbonyl (C=O) groups is 2. The highest BCUT2D eigenvalue weighted by Gasteiger charge is 2.40. The van der Waals surface area contributed by atoms with Crippen molar-refractivity contribution >= 4 is 40.2 Å². The van der Waals surface area contributed by atoms with Gasteiger partial charge in [-0.05, 0) is 54.8 Å². The largest absolute Gasteiger partial charge is 0.350 e. The number of anilines is 1. The third kappa shape index (κ3) is 4.21. The molecule has 3 aromatic carbocycles. The standard InChI is InChI=1S/C28H26FN3O2S/c1-17-8-9-18(2)23(14-17)32-24(33)16-35-28-25(21-6-4-5-7-22(21)31(28)3)26(32)27(34)30-15-19-10-12-20(29)13-11-19/h4-14,26H,15-16H2,1-3H3,(H,30,34). The Morgan fingerprint density at radius 3 is 2.60 bits per heavy atom. The lowest BCUT2D eigenvalue weighted by Crippen LogP contribution is -2.44. The van der Waals surface area contributed by atoms with E-state index in [1.807, 2.05) is 63.4 Å². The minimum absolute atomic E-state index is 0.120. The molecule has 5 rings (SSSR count). The van der Waals surface area contributed by atoms with Gasteiger partial charge in [0.05, 0.1) is 10.8 Å². The SMILES string of the molecule is Cc1ccc(C)c(N2C(=O)CSc3c(c4ccccc4n3C)C2C(=O)NCc2ccc(F)cc2)c1. The maximum atomic E-state index is 13.9. The van der Waals surface area contributed by atoms with Gasteiger partial charge in [0.2, 0.25) is 11.8 Å². The summed E-state index contributed by atoms with van der Waals surface area (Å²) in [6.07, 6.45) is 0. The van der Waals surface area contributed by atoms with Crippen LogP contribution in [-0.4, -0.2) is 22.1 Å². The highest BCUT2D eigenvalue weighted by atomic mass is 32.2. The molecule has 35 heavy (non-hydrogen) atoms. The van der Waals surface area contributed by atoms with Crippen molar-refractivity contribution in [3.63, 3.8) is 0 Å². The van der Waals surface area contributed by atoms with E-state index >= 15 is 0 Å². The van der Waals surface area contributed by atoms with Crippen LogP contribution in [-0.2, 0) is 23.2 Å². The number of aryl methyl sites for hydroxylation is 3. The van der Waals surface area contributed by atoms with E-state index in [1.165, 1.54) is 23.9 Å². The van der Waals surface area contributed by atoms with Crippen LogP contribution >= 0.6 is 11.8 Å². The highest BCUT2D eigenvalue weighted by molar-refractivity contribution is 8.00. The summed E-state index contributed by atoms with van der Waals surface area (Å²) in [5, 5.41) is 4.87. The number of hydrogen-bond acceptors (Lipinski definition) is 3. The zero-order valence-corrected chi connectivity index (χ0v) is 20.7. The van der Waals surface area contributed by atoms with Gasteiger partial charge in [-0.3, -0.25) is 14.5 Å². The number of hydrogen-bond donors (Lipinski definition) is 1. The predicted molar refractivity (Wildman–Crippen MR) is 138 cm³/mol. The quantitative estimate of drug-likeness (QED) is 0.418. The second-order valence-corrected chi connectivity index (χ2v) is 9.85. The van der Waals surface area contributed by atoms with E-state index in [9.17, 15) is 14.0 Å². The van der Waals surface area contributed by atoms with Crippen molar-refractivity contribution in [1.82, 2.24) is 9.88 Å². The van der Waals surface area contributed by atoms with Gasteiger partial charge in [-0.1, -0.05) is 54.2 Å². The fourth-order valence-corrected chi connectivity index (χ4v) is 5.77. The fraction of sp³-hybridized carbons (Fsp3) is 0.214. The van der Waals surface area contributed by atoms with E-state index in [2.05, 4.69) is 9.88 Å². The molecule has 0 aliphatic carbocycles. The Labute approximate surface area is 207 Å². The van der Waals surface area contributed by atoms with Crippen LogP contribution in [0.15, 0.2) is 71.8 Å². The first-order valence-corrected chi connectivity index (χ1v) is 12.5. The molecule has 1 aliphatic rings. The first kappa shape index (κ1) is 23.2. The predicted octanol–water partition coefficient (Wildman–Crippen LogP) is 5.43. The van der Waals surface area contributed by atoms with Crippen LogP contribution < -0.4 is 10.2 Å². The molecule has 0 bridgehead atoms. The number of benzene rings is 3. The molecule has 2 heterocycles. The van der Waals surface area contributed by atoms with Crippen molar-refractivity contribution in [2.75, 3.05) is 10.7 Å². The Morgan fingerprint density at radius 2 is 1.83 bits per heavy atom. The first-order chi connectivity index (χ1) is 16.8. The first-order valence-electron chi connectivity index (χ1n) is 11.5. The molecule has 5 nitrogen and oxygen atoms in total. The number of amides is 2. The molecule has 0 saturated carbocycles. The summed E-state index contributed by atoms with van der Waals surface area (Å²) in [5.74, 6) is -0.491. The molecule has 2 amide bonds. The molecule has 0 fully saturated rings. The zero-order valence-electron chi connectivity index (χ0n) is 19.8. The minimum atomic E-state index is -0.848. The molecule has 1 aliphatic heterocycles. The number of thioether (sulfide) groups is 1. The van der Waals surface area contributed by atoms with Gasteiger partial charge in [-0.25, -0.2) is 4.39 Å². The summed E-state index contributed by atoms with van der Waals surface area (Å²) in [6.45, 7) is 4.17. The van der Waals surface area contributed by atoms with Crippen molar-refractivity contribution in [3.05, 3.63) is 94.8 Å². The van der Waals surface area contributed by atoms with Gasteiger partial charge in [0.1, 0.15) is 11.9 Å². The average molecular weight is 488 g/mol. The minimum Gasteiger partial charge on any atom is -0.350 e. The second-order valence-electron chi connectivity index (χ2n) is 8.88. The molecule has 4 aromatic rings. The van der Waals surface area contributed by atoms with Gasteiger partial charge in [0, 0.05) is 35.7 Å². The van der Waals surface area contributed by atoms with Crippen LogP contribution in [0, 0.1) is 19.7 Å². The lowest BCUT2D eigenvalue weighted by Gasteiger charge is -2.31. The van der Waals surface area contributed by atoms with Crippen LogP contribution in [0.3, 0.4) is 0 Å². The fourth-order valence-electron chi connectivity index (χ4n) is 4.70. The Morgan fingerprint density at radius 1 is 1.09 bits per heavy atom. The molecule has 0 saturated heterocycles. The van der Waals surface area contributed by atoms with Crippen LogP contribution in [0.1, 0.15) is 28.3 Å². The van der Waals surface area contributed by atoms with Crippen LogP contribution in [0.5, 0.6) is 0 Å². The molecule has 1 unspecified atom stereocenters. The van der Waals surface area contributed by atoms with Gasteiger partial charge in [-0.15, -0.1) is 0 Å². The smallest absolute Gasteiger partial charge is 0.248 e. The van der Waals surface area contributed by atoms with Crippen molar-refractivity contribution in [2.24, 2.45) is 7.05 Å². The van der Waals surface area contributed by atoms with Gasteiger partial charge in [0.25, 0.3) is 0 Å². The number of fused-ring (bicyclic) bond motifs is 3. The maximum Gasteiger partial charge on any atom is 0.248 e. The number of rotatable bonds is 4. The normalized spacial score (nSPS) is 15.7. The maximum absolute atomic E-state index is 13.9. The summed E-state index contributed by atoms with van der Waals surface area (Å²) < 4.78 is 15.4. The number of aromatic nitrogens is 1. The summed E-state index contributed by atoms with van der Waals surface area (Å²) in [4.78, 5) is 29.2. The van der Waals surface area contributed by atoms with Crippen LogP contribution in [0.25, 0.3) is 10.9 Å². The van der Waals surface area contributed by atoms with E-state index in [-0.39, 0.29) is 29.9 Å². The second kappa shape index (κ2) is 9.23. The van der Waals surface area contributed by atoms with E-state index in [4.69, 9.17) is 0 Å². The lowest BCUT2D eigenvalue weighted by molar-refractivity contribution is -0.125. The Bertz CT molecular complexity index is 1440. The van der Waals surface area contributed by atoms with E-state index in [1.54, 1.807) is 17.0 Å². The molecule has 1 atom stereocenters. The summed E-state index contributed by atoms with van der Waals surface area (Å²) in [5.41, 5.74) is 5.30. The zero-order chi connectivity index (χ0) is 24.7. The van der Waals surface area contributed by atoms with Gasteiger partial charge in [-0.2, -0.15) is 0 Å². The van der Waals surface area contributed by atoms with E-state index < -0.39 is 6.04 Å². The van der Waals surface area contributed by atoms with Crippen molar-refractivity contribution in [3.8, 4) is 0 Å². The Balaban J connectivity index is 1.66. The van der Waals surface area contributed by atoms with Crippen molar-refractivity contribution in [2.45, 2.75) is 31.5 Å². The lowest BCUT2D eigenvalue weighted by atomic mass is 10.00. The number of nitrogens with one attached hydrogen (secondary N) is 1. The summed E-state index contributed by atoms with van der Waals surface area (Å²) in [6, 6.07) is 19.1. The van der Waals surface area contributed by atoms with Gasteiger partial charge in [0.15, 0.2) is 0 Å². The van der Waals surface area contributed by atoms with Gasteiger partial charge < -0.3 is 9.88 Å².